The van der Waals surface area contributed by atoms with E-state index in [1.807, 2.05) is 31.3 Å². The van der Waals surface area contributed by atoms with Crippen molar-refractivity contribution in [1.29, 1.82) is 0 Å². The van der Waals surface area contributed by atoms with Crippen molar-refractivity contribution in [2.45, 2.75) is 37.6 Å². The number of guanidine groups is 1. The Bertz CT molecular complexity index is 641. The molecule has 1 aromatic rings. The van der Waals surface area contributed by atoms with E-state index in [2.05, 4.69) is 20.5 Å². The van der Waals surface area contributed by atoms with Crippen LogP contribution in [0, 0.1) is 0 Å². The highest BCUT2D eigenvalue weighted by atomic mass is 16.5. The topological polar surface area (TPSA) is 67.4 Å². The lowest BCUT2D eigenvalue weighted by Crippen LogP contribution is -2.58. The number of hydrogen-bond acceptors (Lipinski definition) is 5. The van der Waals surface area contributed by atoms with Gasteiger partial charge in [-0.1, -0.05) is 6.07 Å². The Hall–Kier alpha value is -1.83. The molecular weight excluding hydrogens is 368 g/mol. The standard InChI is InChI=1S/C22H36N4O3/c1-23-21(25-19-7-5-8-20(17-19)29-14-6-13-27-2)24-18-22(9-15-28-16-10-22)26-11-3-4-12-26/h5,7-8,17H,3-4,6,9-16,18H2,1-2H3,(H2,23,24,25). The Morgan fingerprint density at radius 1 is 1.21 bits per heavy atom. The number of ether oxygens (including phenoxy) is 3. The zero-order valence-corrected chi connectivity index (χ0v) is 17.9. The second-order valence-corrected chi connectivity index (χ2v) is 7.80. The van der Waals surface area contributed by atoms with Gasteiger partial charge in [0.25, 0.3) is 0 Å². The fraction of sp³-hybridized carbons (Fsp3) is 0.682. The van der Waals surface area contributed by atoms with Crippen LogP contribution in [0.1, 0.15) is 32.1 Å². The molecule has 0 spiro atoms. The fourth-order valence-corrected chi connectivity index (χ4v) is 4.17. The number of rotatable bonds is 9. The van der Waals surface area contributed by atoms with E-state index in [-0.39, 0.29) is 5.54 Å². The molecule has 0 bridgehead atoms. The molecular formula is C22H36N4O3. The van der Waals surface area contributed by atoms with Gasteiger partial charge in [0.2, 0.25) is 0 Å². The molecule has 162 valence electrons. The molecule has 29 heavy (non-hydrogen) atoms. The molecule has 2 aliphatic heterocycles. The third kappa shape index (κ3) is 6.32. The van der Waals surface area contributed by atoms with Gasteiger partial charge < -0.3 is 24.8 Å². The predicted molar refractivity (Wildman–Crippen MR) is 117 cm³/mol. The van der Waals surface area contributed by atoms with Gasteiger partial charge in [-0.05, 0) is 50.9 Å². The minimum absolute atomic E-state index is 0.165. The predicted octanol–water partition coefficient (Wildman–Crippen LogP) is 2.73. The first-order valence-electron chi connectivity index (χ1n) is 10.8. The normalized spacial score (nSPS) is 19.9. The zero-order chi connectivity index (χ0) is 20.4. The molecule has 0 aliphatic carbocycles. The highest BCUT2D eigenvalue weighted by molar-refractivity contribution is 5.93. The maximum atomic E-state index is 5.80. The van der Waals surface area contributed by atoms with Gasteiger partial charge >= 0.3 is 0 Å². The molecule has 7 heteroatoms. The average Bonchev–Trinajstić information content (AvgIpc) is 3.31. The number of hydrogen-bond donors (Lipinski definition) is 2. The summed E-state index contributed by atoms with van der Waals surface area (Å²) in [4.78, 5) is 7.09. The number of anilines is 1. The van der Waals surface area contributed by atoms with Crippen molar-refractivity contribution in [3.8, 4) is 5.75 Å². The molecule has 7 nitrogen and oxygen atoms in total. The van der Waals surface area contributed by atoms with Crippen molar-refractivity contribution in [2.75, 3.05) is 65.5 Å². The van der Waals surface area contributed by atoms with Crippen molar-refractivity contribution in [3.63, 3.8) is 0 Å². The molecule has 2 fully saturated rings. The summed E-state index contributed by atoms with van der Waals surface area (Å²) in [5, 5.41) is 6.97. The van der Waals surface area contributed by atoms with E-state index in [0.29, 0.717) is 13.2 Å². The third-order valence-corrected chi connectivity index (χ3v) is 5.87. The zero-order valence-electron chi connectivity index (χ0n) is 17.9. The summed E-state index contributed by atoms with van der Waals surface area (Å²) in [5.41, 5.74) is 1.13. The summed E-state index contributed by atoms with van der Waals surface area (Å²) in [7, 11) is 3.52. The van der Waals surface area contributed by atoms with Gasteiger partial charge in [0, 0.05) is 64.2 Å². The minimum Gasteiger partial charge on any atom is -0.493 e. The Morgan fingerprint density at radius 2 is 2.00 bits per heavy atom. The Morgan fingerprint density at radius 3 is 2.72 bits per heavy atom. The molecule has 0 amide bonds. The van der Waals surface area contributed by atoms with E-state index in [0.717, 1.165) is 56.4 Å². The van der Waals surface area contributed by atoms with Gasteiger partial charge in [0.1, 0.15) is 5.75 Å². The highest BCUT2D eigenvalue weighted by Crippen LogP contribution is 2.30. The molecule has 0 aromatic heterocycles. The van der Waals surface area contributed by atoms with Crippen molar-refractivity contribution >= 4 is 11.6 Å². The number of likely N-dealkylation sites (tertiary alicyclic amines) is 1. The Balaban J connectivity index is 1.56. The molecule has 2 heterocycles. The summed E-state index contributed by atoms with van der Waals surface area (Å²) in [6.45, 7) is 6.29. The molecule has 0 saturated carbocycles. The molecule has 2 aliphatic rings. The Labute approximate surface area is 174 Å². The first-order valence-corrected chi connectivity index (χ1v) is 10.8. The summed E-state index contributed by atoms with van der Waals surface area (Å²) in [6.07, 6.45) is 5.61. The monoisotopic (exact) mass is 404 g/mol. The van der Waals surface area contributed by atoms with Crippen molar-refractivity contribution < 1.29 is 14.2 Å². The summed E-state index contributed by atoms with van der Waals surface area (Å²) in [5.74, 6) is 1.63. The average molecular weight is 405 g/mol. The highest BCUT2D eigenvalue weighted by Gasteiger charge is 2.39. The third-order valence-electron chi connectivity index (χ3n) is 5.87. The lowest BCUT2D eigenvalue weighted by Gasteiger charge is -2.45. The van der Waals surface area contributed by atoms with Crippen LogP contribution in [0.5, 0.6) is 5.75 Å². The van der Waals surface area contributed by atoms with Crippen molar-refractivity contribution in [3.05, 3.63) is 24.3 Å². The SMILES string of the molecule is CN=C(NCC1(N2CCCC2)CCOCC1)Nc1cccc(OCCCOC)c1. The van der Waals surface area contributed by atoms with Crippen molar-refractivity contribution in [2.24, 2.45) is 4.99 Å². The largest absolute Gasteiger partial charge is 0.493 e. The van der Waals surface area contributed by atoms with Crippen LogP contribution in [-0.2, 0) is 9.47 Å². The van der Waals surface area contributed by atoms with E-state index in [4.69, 9.17) is 14.2 Å². The number of nitrogens with zero attached hydrogens (tertiary/aromatic N) is 2. The number of aliphatic imine (C=N–C) groups is 1. The van der Waals surface area contributed by atoms with E-state index in [9.17, 15) is 0 Å². The van der Waals surface area contributed by atoms with Crippen molar-refractivity contribution in [1.82, 2.24) is 10.2 Å². The van der Waals surface area contributed by atoms with Gasteiger partial charge in [-0.25, -0.2) is 0 Å². The van der Waals surface area contributed by atoms with E-state index >= 15 is 0 Å². The lowest BCUT2D eigenvalue weighted by atomic mass is 9.88. The molecule has 0 radical (unpaired) electrons. The maximum Gasteiger partial charge on any atom is 0.195 e. The second-order valence-electron chi connectivity index (χ2n) is 7.80. The van der Waals surface area contributed by atoms with Crippen LogP contribution in [0.2, 0.25) is 0 Å². The van der Waals surface area contributed by atoms with Crippen LogP contribution < -0.4 is 15.4 Å². The molecule has 0 atom stereocenters. The summed E-state index contributed by atoms with van der Waals surface area (Å²) < 4.78 is 16.5. The van der Waals surface area contributed by atoms with E-state index in [1.54, 1.807) is 7.11 Å². The van der Waals surface area contributed by atoms with Crippen LogP contribution >= 0.6 is 0 Å². The van der Waals surface area contributed by atoms with Crippen LogP contribution in [0.25, 0.3) is 0 Å². The molecule has 2 N–H and O–H groups in total. The molecule has 1 aromatic carbocycles. The molecule has 0 unspecified atom stereocenters. The maximum absolute atomic E-state index is 5.80. The first kappa shape index (κ1) is 21.9. The Kier molecular flexibility index (Phi) is 8.58. The number of methoxy groups -OCH3 is 1. The van der Waals surface area contributed by atoms with Gasteiger partial charge in [-0.15, -0.1) is 0 Å². The van der Waals surface area contributed by atoms with Gasteiger partial charge in [0.05, 0.1) is 6.61 Å². The summed E-state index contributed by atoms with van der Waals surface area (Å²) >= 11 is 0. The second kappa shape index (κ2) is 11.4. The smallest absolute Gasteiger partial charge is 0.195 e. The molecule has 3 rings (SSSR count). The van der Waals surface area contributed by atoms with Crippen LogP contribution in [0.3, 0.4) is 0 Å². The van der Waals surface area contributed by atoms with E-state index < -0.39 is 0 Å². The van der Waals surface area contributed by atoms with Gasteiger partial charge in [0.15, 0.2) is 5.96 Å². The quantitative estimate of drug-likeness (QED) is 0.375. The van der Waals surface area contributed by atoms with Gasteiger partial charge in [-0.2, -0.15) is 0 Å². The summed E-state index contributed by atoms with van der Waals surface area (Å²) in [6, 6.07) is 7.99. The fourth-order valence-electron chi connectivity index (χ4n) is 4.17. The number of benzene rings is 1. The van der Waals surface area contributed by atoms with E-state index in [1.165, 1.54) is 25.9 Å². The van der Waals surface area contributed by atoms with Crippen LogP contribution in [0.4, 0.5) is 5.69 Å². The van der Waals surface area contributed by atoms with Crippen LogP contribution in [0.15, 0.2) is 29.3 Å². The number of nitrogens with one attached hydrogen (secondary N) is 2. The lowest BCUT2D eigenvalue weighted by molar-refractivity contribution is -0.0163. The molecule has 2 saturated heterocycles. The van der Waals surface area contributed by atoms with Crippen LogP contribution in [-0.4, -0.2) is 76.6 Å². The minimum atomic E-state index is 0.165. The first-order chi connectivity index (χ1) is 14.3. The van der Waals surface area contributed by atoms with Gasteiger partial charge in [-0.3, -0.25) is 9.89 Å².